The molecular formula is C13H12BrN3O2. The van der Waals surface area contributed by atoms with Crippen LogP contribution in [0.1, 0.15) is 15.9 Å². The van der Waals surface area contributed by atoms with Crippen molar-refractivity contribution in [1.82, 2.24) is 4.98 Å². The van der Waals surface area contributed by atoms with Crippen LogP contribution in [-0.2, 0) is 0 Å². The molecule has 0 saturated heterocycles. The lowest BCUT2D eigenvalue weighted by molar-refractivity contribution is 0.0997. The highest BCUT2D eigenvalue weighted by Crippen LogP contribution is 2.27. The predicted octanol–water partition coefficient (Wildman–Crippen LogP) is 2.63. The Balaban J connectivity index is 2.37. The maximum Gasteiger partial charge on any atom is 0.254 e. The molecule has 0 spiro atoms. The minimum absolute atomic E-state index is 0.142. The molecule has 0 radical (unpaired) electrons. The maximum absolute atomic E-state index is 11.3. The number of hydrogen-bond donors (Lipinski definition) is 2. The van der Waals surface area contributed by atoms with Gasteiger partial charge < -0.3 is 16.2 Å². The van der Waals surface area contributed by atoms with Crippen molar-refractivity contribution in [2.75, 3.05) is 5.73 Å². The Hall–Kier alpha value is -2.08. The van der Waals surface area contributed by atoms with Gasteiger partial charge in [0.05, 0.1) is 11.9 Å². The fraction of sp³-hybridized carbons (Fsp3) is 0.0769. The Bertz CT molecular complexity index is 644. The third-order valence-electron chi connectivity index (χ3n) is 2.48. The van der Waals surface area contributed by atoms with Crippen LogP contribution in [0.3, 0.4) is 0 Å². The Morgan fingerprint density at radius 1 is 1.37 bits per heavy atom. The van der Waals surface area contributed by atoms with Gasteiger partial charge in [0.15, 0.2) is 0 Å². The zero-order valence-electron chi connectivity index (χ0n) is 10.2. The number of halogens is 1. The number of amides is 1. The quantitative estimate of drug-likeness (QED) is 0.909. The van der Waals surface area contributed by atoms with Gasteiger partial charge >= 0.3 is 0 Å². The molecule has 2 rings (SSSR count). The molecule has 4 N–H and O–H groups in total. The number of anilines is 1. The van der Waals surface area contributed by atoms with Crippen molar-refractivity contribution in [3.63, 3.8) is 0 Å². The van der Waals surface area contributed by atoms with Crippen LogP contribution >= 0.6 is 15.9 Å². The van der Waals surface area contributed by atoms with Gasteiger partial charge in [-0.15, -0.1) is 0 Å². The number of benzene rings is 1. The second kappa shape index (κ2) is 5.27. The van der Waals surface area contributed by atoms with Gasteiger partial charge in [0.2, 0.25) is 5.88 Å². The topological polar surface area (TPSA) is 91.2 Å². The first-order chi connectivity index (χ1) is 8.97. The highest BCUT2D eigenvalue weighted by atomic mass is 79.9. The van der Waals surface area contributed by atoms with Crippen LogP contribution in [0.2, 0.25) is 0 Å². The van der Waals surface area contributed by atoms with Crippen LogP contribution in [-0.4, -0.2) is 10.9 Å². The van der Waals surface area contributed by atoms with Crippen LogP contribution in [0.25, 0.3) is 0 Å². The molecule has 5 nitrogen and oxygen atoms in total. The molecule has 0 atom stereocenters. The number of aryl methyl sites for hydroxylation is 1. The van der Waals surface area contributed by atoms with E-state index in [0.717, 1.165) is 10.0 Å². The lowest BCUT2D eigenvalue weighted by Gasteiger charge is -2.09. The molecule has 0 aliphatic carbocycles. The standard InChI is InChI=1S/C13H12BrN3O2/c1-7-4-9(2-3-11(7)14)19-13-10(12(16)18)5-8(15)6-17-13/h2-6H,15H2,1H3,(H2,16,18). The lowest BCUT2D eigenvalue weighted by atomic mass is 10.2. The molecule has 1 aromatic carbocycles. The van der Waals surface area contributed by atoms with E-state index in [4.69, 9.17) is 16.2 Å². The highest BCUT2D eigenvalue weighted by Gasteiger charge is 2.12. The minimum atomic E-state index is -0.636. The third kappa shape index (κ3) is 3.03. The highest BCUT2D eigenvalue weighted by molar-refractivity contribution is 9.10. The summed E-state index contributed by atoms with van der Waals surface area (Å²) < 4.78 is 6.55. The van der Waals surface area contributed by atoms with Crippen LogP contribution in [0, 0.1) is 6.92 Å². The van der Waals surface area contributed by atoms with E-state index < -0.39 is 5.91 Å². The molecule has 2 aromatic rings. The van der Waals surface area contributed by atoms with Crippen molar-refractivity contribution >= 4 is 27.5 Å². The fourth-order valence-corrected chi connectivity index (χ4v) is 1.77. The number of hydrogen-bond acceptors (Lipinski definition) is 4. The second-order valence-electron chi connectivity index (χ2n) is 4.00. The molecule has 0 bridgehead atoms. The van der Waals surface area contributed by atoms with Crippen molar-refractivity contribution < 1.29 is 9.53 Å². The molecule has 0 aliphatic rings. The molecule has 1 amide bonds. The van der Waals surface area contributed by atoms with Gasteiger partial charge in [-0.3, -0.25) is 4.79 Å². The van der Waals surface area contributed by atoms with Crippen LogP contribution in [0.4, 0.5) is 5.69 Å². The number of rotatable bonds is 3. The van der Waals surface area contributed by atoms with Gasteiger partial charge in [-0.1, -0.05) is 15.9 Å². The molecule has 1 heterocycles. The van der Waals surface area contributed by atoms with Crippen molar-refractivity contribution in [1.29, 1.82) is 0 Å². The minimum Gasteiger partial charge on any atom is -0.438 e. The Labute approximate surface area is 118 Å². The number of primary amides is 1. The summed E-state index contributed by atoms with van der Waals surface area (Å²) in [5, 5.41) is 0. The zero-order valence-corrected chi connectivity index (χ0v) is 11.8. The molecule has 19 heavy (non-hydrogen) atoms. The Morgan fingerprint density at radius 3 is 2.74 bits per heavy atom. The molecule has 98 valence electrons. The average Bonchev–Trinajstić information content (AvgIpc) is 2.36. The average molecular weight is 322 g/mol. The molecule has 0 aliphatic heterocycles. The lowest BCUT2D eigenvalue weighted by Crippen LogP contribution is -2.13. The number of pyridine rings is 1. The molecule has 6 heteroatoms. The Kier molecular flexibility index (Phi) is 3.71. The third-order valence-corrected chi connectivity index (χ3v) is 3.37. The van der Waals surface area contributed by atoms with Gasteiger partial charge in [-0.2, -0.15) is 0 Å². The number of aromatic nitrogens is 1. The SMILES string of the molecule is Cc1cc(Oc2ncc(N)cc2C(N)=O)ccc1Br. The smallest absolute Gasteiger partial charge is 0.254 e. The number of ether oxygens (including phenoxy) is 1. The van der Waals surface area contributed by atoms with Crippen molar-refractivity contribution in [2.24, 2.45) is 5.73 Å². The van der Waals surface area contributed by atoms with E-state index in [1.165, 1.54) is 12.3 Å². The van der Waals surface area contributed by atoms with E-state index in [-0.39, 0.29) is 11.4 Å². The van der Waals surface area contributed by atoms with E-state index in [0.29, 0.717) is 11.4 Å². The van der Waals surface area contributed by atoms with E-state index in [9.17, 15) is 4.79 Å². The molecular weight excluding hydrogens is 310 g/mol. The van der Waals surface area contributed by atoms with E-state index in [2.05, 4.69) is 20.9 Å². The zero-order chi connectivity index (χ0) is 14.0. The van der Waals surface area contributed by atoms with Gasteiger partial charge in [-0.05, 0) is 36.8 Å². The molecule has 1 aromatic heterocycles. The van der Waals surface area contributed by atoms with Gasteiger partial charge in [-0.25, -0.2) is 4.98 Å². The largest absolute Gasteiger partial charge is 0.438 e. The number of nitrogen functional groups attached to an aromatic ring is 1. The van der Waals surface area contributed by atoms with Crippen molar-refractivity contribution in [3.05, 3.63) is 46.1 Å². The molecule has 0 saturated carbocycles. The summed E-state index contributed by atoms with van der Waals surface area (Å²) >= 11 is 3.40. The van der Waals surface area contributed by atoms with E-state index >= 15 is 0 Å². The number of carbonyl (C=O) groups is 1. The first-order valence-electron chi connectivity index (χ1n) is 5.46. The van der Waals surface area contributed by atoms with Crippen LogP contribution in [0.5, 0.6) is 11.6 Å². The van der Waals surface area contributed by atoms with Crippen molar-refractivity contribution in [2.45, 2.75) is 6.92 Å². The summed E-state index contributed by atoms with van der Waals surface area (Å²) in [5.41, 5.74) is 12.4. The van der Waals surface area contributed by atoms with Crippen LogP contribution in [0.15, 0.2) is 34.9 Å². The number of carbonyl (C=O) groups excluding carboxylic acids is 1. The summed E-state index contributed by atoms with van der Waals surface area (Å²) in [7, 11) is 0. The summed E-state index contributed by atoms with van der Waals surface area (Å²) in [6, 6.07) is 6.88. The molecule has 0 unspecified atom stereocenters. The van der Waals surface area contributed by atoms with Crippen LogP contribution < -0.4 is 16.2 Å². The number of nitrogens with two attached hydrogens (primary N) is 2. The van der Waals surface area contributed by atoms with Crippen molar-refractivity contribution in [3.8, 4) is 11.6 Å². The monoisotopic (exact) mass is 321 g/mol. The second-order valence-corrected chi connectivity index (χ2v) is 4.85. The molecule has 0 fully saturated rings. The number of nitrogens with zero attached hydrogens (tertiary/aromatic N) is 1. The first-order valence-corrected chi connectivity index (χ1v) is 6.26. The van der Waals surface area contributed by atoms with Gasteiger partial charge in [0, 0.05) is 4.47 Å². The normalized spacial score (nSPS) is 10.2. The summed E-state index contributed by atoms with van der Waals surface area (Å²) in [5.74, 6) is 0.0764. The van der Waals surface area contributed by atoms with Gasteiger partial charge in [0.1, 0.15) is 11.3 Å². The van der Waals surface area contributed by atoms with Gasteiger partial charge in [0.25, 0.3) is 5.91 Å². The fourth-order valence-electron chi connectivity index (χ4n) is 1.52. The van der Waals surface area contributed by atoms with E-state index in [1.54, 1.807) is 6.07 Å². The van der Waals surface area contributed by atoms with E-state index in [1.807, 2.05) is 19.1 Å². The summed E-state index contributed by atoms with van der Waals surface area (Å²) in [6.07, 6.45) is 1.41. The summed E-state index contributed by atoms with van der Waals surface area (Å²) in [4.78, 5) is 15.3. The summed E-state index contributed by atoms with van der Waals surface area (Å²) in [6.45, 7) is 1.93. The maximum atomic E-state index is 11.3. The first kappa shape index (κ1) is 13.4. The predicted molar refractivity (Wildman–Crippen MR) is 76.1 cm³/mol. The Morgan fingerprint density at radius 2 is 2.11 bits per heavy atom.